The van der Waals surface area contributed by atoms with Gasteiger partial charge in [0.2, 0.25) is 0 Å². The first kappa shape index (κ1) is 13.5. The Labute approximate surface area is 120 Å². The fraction of sp³-hybridized carbons (Fsp3) is 0.267. The Morgan fingerprint density at radius 1 is 1.24 bits per heavy atom. The molecule has 2 heterocycles. The molecule has 0 unspecified atom stereocenters. The highest BCUT2D eigenvalue weighted by atomic mass is 16.5. The van der Waals surface area contributed by atoms with Gasteiger partial charge in [0.1, 0.15) is 6.10 Å². The van der Waals surface area contributed by atoms with Crippen LogP contribution in [0.25, 0.3) is 10.9 Å². The van der Waals surface area contributed by atoms with Crippen molar-refractivity contribution >= 4 is 28.5 Å². The van der Waals surface area contributed by atoms with E-state index in [4.69, 9.17) is 9.84 Å². The molecule has 3 rings (SSSR count). The molecule has 0 saturated carbocycles. The molecule has 2 atom stereocenters. The minimum absolute atomic E-state index is 0.318. The van der Waals surface area contributed by atoms with Gasteiger partial charge in [-0.2, -0.15) is 0 Å². The summed E-state index contributed by atoms with van der Waals surface area (Å²) in [7, 11) is 0. The van der Waals surface area contributed by atoms with E-state index in [-0.39, 0.29) is 5.91 Å². The zero-order valence-electron chi connectivity index (χ0n) is 11.2. The van der Waals surface area contributed by atoms with Gasteiger partial charge in [-0.15, -0.1) is 0 Å². The second-order valence-corrected chi connectivity index (χ2v) is 4.93. The average Bonchev–Trinajstić information content (AvgIpc) is 2.97. The molecule has 1 aromatic heterocycles. The van der Waals surface area contributed by atoms with Crippen molar-refractivity contribution in [2.24, 2.45) is 0 Å². The number of carboxylic acids is 1. The minimum atomic E-state index is -1.03. The lowest BCUT2D eigenvalue weighted by Crippen LogP contribution is -2.29. The van der Waals surface area contributed by atoms with Crippen molar-refractivity contribution in [3.05, 3.63) is 36.5 Å². The number of carboxylic acid groups (broad SMARTS) is 1. The molecule has 0 radical (unpaired) electrons. The van der Waals surface area contributed by atoms with E-state index in [0.29, 0.717) is 18.5 Å². The molecule has 1 aliphatic rings. The van der Waals surface area contributed by atoms with E-state index in [2.05, 4.69) is 10.3 Å². The van der Waals surface area contributed by atoms with Gasteiger partial charge < -0.3 is 15.2 Å². The Morgan fingerprint density at radius 2 is 2.05 bits per heavy atom. The molecule has 2 aromatic rings. The van der Waals surface area contributed by atoms with Gasteiger partial charge in [-0.3, -0.25) is 9.78 Å². The van der Waals surface area contributed by atoms with Crippen molar-refractivity contribution in [2.75, 3.05) is 5.32 Å². The molecule has 6 heteroatoms. The first-order chi connectivity index (χ1) is 10.1. The number of pyridine rings is 1. The summed E-state index contributed by atoms with van der Waals surface area (Å²) in [5, 5.41) is 12.5. The molecule has 6 nitrogen and oxygen atoms in total. The summed E-state index contributed by atoms with van der Waals surface area (Å²) >= 11 is 0. The maximum absolute atomic E-state index is 12.1. The first-order valence-corrected chi connectivity index (χ1v) is 6.67. The summed E-state index contributed by atoms with van der Waals surface area (Å²) in [5.41, 5.74) is 1.49. The Balaban J connectivity index is 1.70. The Bertz CT molecular complexity index is 701. The number of carbonyl (C=O) groups excluding carboxylic acids is 1. The van der Waals surface area contributed by atoms with Gasteiger partial charge in [0.25, 0.3) is 5.91 Å². The molecule has 21 heavy (non-hydrogen) atoms. The van der Waals surface area contributed by atoms with Crippen LogP contribution in [0.1, 0.15) is 12.8 Å². The number of nitrogens with one attached hydrogen (secondary N) is 1. The molecule has 0 bridgehead atoms. The van der Waals surface area contributed by atoms with E-state index < -0.39 is 18.2 Å². The predicted molar refractivity (Wildman–Crippen MR) is 75.9 cm³/mol. The average molecular weight is 286 g/mol. The summed E-state index contributed by atoms with van der Waals surface area (Å²) in [6.07, 6.45) is 0.878. The number of aromatic nitrogens is 1. The largest absolute Gasteiger partial charge is 0.479 e. The third kappa shape index (κ3) is 2.85. The van der Waals surface area contributed by atoms with Crippen LogP contribution in [0.4, 0.5) is 5.69 Å². The zero-order chi connectivity index (χ0) is 14.8. The van der Waals surface area contributed by atoms with Crippen LogP contribution >= 0.6 is 0 Å². The van der Waals surface area contributed by atoms with Gasteiger partial charge in [0.05, 0.1) is 5.52 Å². The van der Waals surface area contributed by atoms with Gasteiger partial charge in [0, 0.05) is 17.3 Å². The smallest absolute Gasteiger partial charge is 0.332 e. The Morgan fingerprint density at radius 3 is 2.81 bits per heavy atom. The highest BCUT2D eigenvalue weighted by Crippen LogP contribution is 2.22. The van der Waals surface area contributed by atoms with Crippen molar-refractivity contribution in [1.82, 2.24) is 4.98 Å². The van der Waals surface area contributed by atoms with Crippen LogP contribution in [-0.2, 0) is 14.3 Å². The summed E-state index contributed by atoms with van der Waals surface area (Å²) in [6, 6.07) is 9.14. The quantitative estimate of drug-likeness (QED) is 0.898. The molecule has 1 aliphatic heterocycles. The summed E-state index contributed by atoms with van der Waals surface area (Å²) in [4.78, 5) is 27.1. The van der Waals surface area contributed by atoms with E-state index in [1.807, 2.05) is 24.3 Å². The number of anilines is 1. The van der Waals surface area contributed by atoms with Crippen molar-refractivity contribution < 1.29 is 19.4 Å². The summed E-state index contributed by atoms with van der Waals surface area (Å²) < 4.78 is 5.22. The fourth-order valence-corrected chi connectivity index (χ4v) is 2.39. The fourth-order valence-electron chi connectivity index (χ4n) is 2.39. The molecule has 1 amide bonds. The molecule has 2 N–H and O–H groups in total. The number of carbonyl (C=O) groups is 2. The van der Waals surface area contributed by atoms with Crippen LogP contribution in [0.5, 0.6) is 0 Å². The third-order valence-electron chi connectivity index (χ3n) is 3.46. The van der Waals surface area contributed by atoms with Crippen molar-refractivity contribution in [3.63, 3.8) is 0 Å². The number of fused-ring (bicyclic) bond motifs is 1. The lowest BCUT2D eigenvalue weighted by atomic mass is 10.1. The highest BCUT2D eigenvalue weighted by molar-refractivity contribution is 5.96. The van der Waals surface area contributed by atoms with Crippen LogP contribution in [-0.4, -0.2) is 34.2 Å². The standard InChI is InChI=1S/C15H14N2O4/c18-14(12-5-6-13(21-12)15(19)20)17-10-3-4-11-9(8-10)2-1-7-16-11/h1-4,7-8,12-13H,5-6H2,(H,17,18)(H,19,20)/t12-,13+/m0/s1. The van der Waals surface area contributed by atoms with Crippen LogP contribution in [0.3, 0.4) is 0 Å². The topological polar surface area (TPSA) is 88.5 Å². The number of hydrogen-bond acceptors (Lipinski definition) is 4. The van der Waals surface area contributed by atoms with Crippen molar-refractivity contribution in [1.29, 1.82) is 0 Å². The van der Waals surface area contributed by atoms with Crippen LogP contribution in [0.15, 0.2) is 36.5 Å². The van der Waals surface area contributed by atoms with E-state index in [1.165, 1.54) is 0 Å². The number of hydrogen-bond donors (Lipinski definition) is 2. The molecular formula is C15H14N2O4. The third-order valence-corrected chi connectivity index (χ3v) is 3.46. The zero-order valence-corrected chi connectivity index (χ0v) is 11.2. The lowest BCUT2D eigenvalue weighted by molar-refractivity contribution is -0.150. The van der Waals surface area contributed by atoms with Gasteiger partial charge in [-0.05, 0) is 37.1 Å². The lowest BCUT2D eigenvalue weighted by Gasteiger charge is -2.12. The molecule has 0 aliphatic carbocycles. The van der Waals surface area contributed by atoms with E-state index in [1.54, 1.807) is 12.3 Å². The van der Waals surface area contributed by atoms with Gasteiger partial charge in [-0.25, -0.2) is 4.79 Å². The van der Waals surface area contributed by atoms with Gasteiger partial charge in [-0.1, -0.05) is 6.07 Å². The summed E-state index contributed by atoms with van der Waals surface area (Å²) in [6.45, 7) is 0. The number of rotatable bonds is 3. The van der Waals surface area contributed by atoms with Crippen LogP contribution in [0, 0.1) is 0 Å². The van der Waals surface area contributed by atoms with Gasteiger partial charge >= 0.3 is 5.97 Å². The number of benzene rings is 1. The maximum Gasteiger partial charge on any atom is 0.332 e. The SMILES string of the molecule is O=C(Nc1ccc2ncccc2c1)[C@@H]1CC[C@H](C(=O)O)O1. The molecule has 1 aromatic carbocycles. The monoisotopic (exact) mass is 286 g/mol. The Hall–Kier alpha value is -2.47. The second-order valence-electron chi connectivity index (χ2n) is 4.93. The molecule has 1 saturated heterocycles. The van der Waals surface area contributed by atoms with Crippen LogP contribution < -0.4 is 5.32 Å². The second kappa shape index (κ2) is 5.49. The molecular weight excluding hydrogens is 272 g/mol. The van der Waals surface area contributed by atoms with E-state index in [0.717, 1.165) is 10.9 Å². The molecule has 108 valence electrons. The number of ether oxygens (including phenoxy) is 1. The van der Waals surface area contributed by atoms with Gasteiger partial charge in [0.15, 0.2) is 6.10 Å². The normalized spacial score (nSPS) is 21.3. The van der Waals surface area contributed by atoms with E-state index in [9.17, 15) is 9.59 Å². The number of nitrogens with zero attached hydrogens (tertiary/aromatic N) is 1. The van der Waals surface area contributed by atoms with Crippen LogP contribution in [0.2, 0.25) is 0 Å². The predicted octanol–water partition coefficient (Wildman–Crippen LogP) is 1.81. The number of amides is 1. The Kier molecular flexibility index (Phi) is 3.53. The molecule has 0 spiro atoms. The highest BCUT2D eigenvalue weighted by Gasteiger charge is 2.34. The first-order valence-electron chi connectivity index (χ1n) is 6.67. The van der Waals surface area contributed by atoms with Crippen molar-refractivity contribution in [2.45, 2.75) is 25.0 Å². The maximum atomic E-state index is 12.1. The number of aliphatic carboxylic acids is 1. The van der Waals surface area contributed by atoms with Crippen molar-refractivity contribution in [3.8, 4) is 0 Å². The molecule has 1 fully saturated rings. The van der Waals surface area contributed by atoms with E-state index >= 15 is 0 Å². The summed E-state index contributed by atoms with van der Waals surface area (Å²) in [5.74, 6) is -1.34. The minimum Gasteiger partial charge on any atom is -0.479 e.